The van der Waals surface area contributed by atoms with Crippen LogP contribution in [0.15, 0.2) is 54.9 Å². The Morgan fingerprint density at radius 2 is 1.65 bits per heavy atom. The predicted octanol–water partition coefficient (Wildman–Crippen LogP) is 6.04. The molecule has 5 rings (SSSR count). The summed E-state index contributed by atoms with van der Waals surface area (Å²) in [5, 5.41) is 7.89. The first-order chi connectivity index (χ1) is 18.4. The van der Waals surface area contributed by atoms with Gasteiger partial charge in [-0.15, -0.1) is 12.4 Å². The Labute approximate surface area is 233 Å². The number of hydrogen-bond donors (Lipinski definition) is 1. The second-order valence-corrected chi connectivity index (χ2v) is 10.2. The molecule has 0 aliphatic carbocycles. The standard InChI is InChI=1S/C27H28F6N4O2.ClH/c1-37-16-34-24(36-37)15-38-14-18-12-25(19-5-3-2-4-6-19)23(8-7-22(18)35-25)39-13-17-9-20(26(28,29)30)11-21(10-17)27(31,32)33;/h2-6,9-11,16,18,22-23,35H,7-8,12-15H2,1H3;1H. The minimum Gasteiger partial charge on any atom is -0.373 e. The molecule has 0 saturated carbocycles. The van der Waals surface area contributed by atoms with Crippen LogP contribution in [0.25, 0.3) is 0 Å². The van der Waals surface area contributed by atoms with Gasteiger partial charge in [0.1, 0.15) is 12.9 Å². The highest BCUT2D eigenvalue weighted by atomic mass is 35.5. The molecule has 2 aliphatic heterocycles. The molecule has 2 aliphatic rings. The van der Waals surface area contributed by atoms with Crippen molar-refractivity contribution in [1.29, 1.82) is 0 Å². The van der Waals surface area contributed by atoms with Crippen LogP contribution in [-0.4, -0.2) is 33.5 Å². The quantitative estimate of drug-likeness (QED) is 0.324. The number of fused-ring (bicyclic) bond motifs is 2. The van der Waals surface area contributed by atoms with Gasteiger partial charge in [-0.1, -0.05) is 30.3 Å². The van der Waals surface area contributed by atoms with Crippen LogP contribution in [-0.2, 0) is 47.6 Å². The zero-order valence-corrected chi connectivity index (χ0v) is 22.3. The van der Waals surface area contributed by atoms with Crippen molar-refractivity contribution in [3.8, 4) is 0 Å². The summed E-state index contributed by atoms with van der Waals surface area (Å²) in [5.74, 6) is 0.692. The fourth-order valence-electron chi connectivity index (χ4n) is 5.75. The average molecular weight is 591 g/mol. The lowest BCUT2D eigenvalue weighted by atomic mass is 9.80. The van der Waals surface area contributed by atoms with Gasteiger partial charge in [-0.05, 0) is 54.5 Å². The van der Waals surface area contributed by atoms with E-state index in [0.29, 0.717) is 25.3 Å². The molecule has 0 radical (unpaired) electrons. The highest BCUT2D eigenvalue weighted by Crippen LogP contribution is 2.48. The van der Waals surface area contributed by atoms with Crippen LogP contribution in [0.5, 0.6) is 0 Å². The van der Waals surface area contributed by atoms with Crippen molar-refractivity contribution in [3.05, 3.63) is 82.9 Å². The van der Waals surface area contributed by atoms with Gasteiger partial charge in [0.15, 0.2) is 5.82 Å². The molecule has 3 aromatic rings. The summed E-state index contributed by atoms with van der Waals surface area (Å²) in [5.41, 5.74) is -2.58. The molecule has 0 spiro atoms. The molecular formula is C27H29ClF6N4O2. The van der Waals surface area contributed by atoms with Crippen LogP contribution in [0, 0.1) is 5.92 Å². The van der Waals surface area contributed by atoms with Gasteiger partial charge in [0.05, 0.1) is 36.0 Å². The molecule has 3 heterocycles. The number of aryl methyl sites for hydroxylation is 1. The maximum absolute atomic E-state index is 13.4. The van der Waals surface area contributed by atoms with Crippen LogP contribution >= 0.6 is 12.4 Å². The molecule has 1 aromatic heterocycles. The molecule has 2 saturated heterocycles. The number of halogens is 7. The Bertz CT molecular complexity index is 1250. The van der Waals surface area contributed by atoms with E-state index >= 15 is 0 Å². The van der Waals surface area contributed by atoms with Crippen molar-refractivity contribution in [2.75, 3.05) is 6.61 Å². The van der Waals surface area contributed by atoms with Crippen LogP contribution in [0.4, 0.5) is 26.3 Å². The third-order valence-corrected chi connectivity index (χ3v) is 7.48. The largest absolute Gasteiger partial charge is 0.416 e. The normalized spacial score (nSPS) is 24.6. The Balaban J connectivity index is 0.00000370. The number of rotatable bonds is 8. The van der Waals surface area contributed by atoms with Gasteiger partial charge in [0.2, 0.25) is 0 Å². The predicted molar refractivity (Wildman–Crippen MR) is 135 cm³/mol. The minimum absolute atomic E-state index is 0. The molecule has 40 heavy (non-hydrogen) atoms. The van der Waals surface area contributed by atoms with E-state index in [9.17, 15) is 26.3 Å². The van der Waals surface area contributed by atoms with Crippen molar-refractivity contribution in [2.24, 2.45) is 13.0 Å². The minimum atomic E-state index is -4.91. The van der Waals surface area contributed by atoms with E-state index in [0.717, 1.165) is 24.1 Å². The number of aromatic nitrogens is 3. The Morgan fingerprint density at radius 3 is 2.25 bits per heavy atom. The number of nitrogens with zero attached hydrogens (tertiary/aromatic N) is 3. The van der Waals surface area contributed by atoms with Crippen molar-refractivity contribution in [2.45, 2.75) is 62.5 Å². The van der Waals surface area contributed by atoms with E-state index in [1.807, 2.05) is 30.3 Å². The number of ether oxygens (including phenoxy) is 2. The van der Waals surface area contributed by atoms with Crippen molar-refractivity contribution < 1.29 is 35.8 Å². The molecule has 13 heteroatoms. The smallest absolute Gasteiger partial charge is 0.373 e. The second kappa shape index (κ2) is 11.7. The monoisotopic (exact) mass is 590 g/mol. The second-order valence-electron chi connectivity index (χ2n) is 10.2. The summed E-state index contributed by atoms with van der Waals surface area (Å²) in [7, 11) is 1.77. The molecule has 218 valence electrons. The average Bonchev–Trinajstić information content (AvgIpc) is 3.44. The number of alkyl halides is 6. The third kappa shape index (κ3) is 6.45. The van der Waals surface area contributed by atoms with Gasteiger partial charge in [0.25, 0.3) is 0 Å². The number of piperidine rings is 1. The fourth-order valence-corrected chi connectivity index (χ4v) is 5.75. The lowest BCUT2D eigenvalue weighted by molar-refractivity contribution is -0.143. The summed E-state index contributed by atoms with van der Waals surface area (Å²) < 4.78 is 93.8. The summed E-state index contributed by atoms with van der Waals surface area (Å²) in [4.78, 5) is 4.17. The fraction of sp³-hybridized carbons (Fsp3) is 0.481. The van der Waals surface area contributed by atoms with Crippen LogP contribution in [0.3, 0.4) is 0 Å². The number of hydrogen-bond acceptors (Lipinski definition) is 5. The molecular weight excluding hydrogens is 562 g/mol. The van der Waals surface area contributed by atoms with E-state index in [4.69, 9.17) is 9.47 Å². The summed E-state index contributed by atoms with van der Waals surface area (Å²) in [6, 6.07) is 11.3. The van der Waals surface area contributed by atoms with Gasteiger partial charge >= 0.3 is 12.4 Å². The third-order valence-electron chi connectivity index (χ3n) is 7.48. The van der Waals surface area contributed by atoms with Crippen LogP contribution in [0.2, 0.25) is 0 Å². The zero-order chi connectivity index (χ0) is 27.8. The first kappa shape index (κ1) is 30.3. The van der Waals surface area contributed by atoms with E-state index in [1.54, 1.807) is 18.1 Å². The Morgan fingerprint density at radius 1 is 0.975 bits per heavy atom. The summed E-state index contributed by atoms with van der Waals surface area (Å²) in [6.07, 6.45) is -6.74. The van der Waals surface area contributed by atoms with Gasteiger partial charge in [-0.25, -0.2) is 4.98 Å². The van der Waals surface area contributed by atoms with Crippen molar-refractivity contribution in [3.63, 3.8) is 0 Å². The maximum Gasteiger partial charge on any atom is 0.416 e. The van der Waals surface area contributed by atoms with E-state index in [1.165, 1.54) is 0 Å². The van der Waals surface area contributed by atoms with Crippen LogP contribution < -0.4 is 5.32 Å². The molecule has 2 fully saturated rings. The Kier molecular flexibility index (Phi) is 8.84. The highest BCUT2D eigenvalue weighted by Gasteiger charge is 2.54. The van der Waals surface area contributed by atoms with Crippen LogP contribution in [0.1, 0.15) is 47.3 Å². The molecule has 2 aromatic carbocycles. The SMILES string of the molecule is Cl.Cn1cnc(COCC2CC3(c4ccccc4)NC2CCC3OCc2cc(C(F)(F)F)cc(C(F)(F)F)c2)n1. The van der Waals surface area contributed by atoms with E-state index < -0.39 is 35.1 Å². The van der Waals surface area contributed by atoms with Gasteiger partial charge in [-0.2, -0.15) is 31.4 Å². The van der Waals surface area contributed by atoms with E-state index in [-0.39, 0.29) is 49.2 Å². The molecule has 0 amide bonds. The zero-order valence-electron chi connectivity index (χ0n) is 21.5. The van der Waals surface area contributed by atoms with Crippen molar-refractivity contribution >= 4 is 12.4 Å². The van der Waals surface area contributed by atoms with Gasteiger partial charge in [0, 0.05) is 13.1 Å². The topological polar surface area (TPSA) is 61.2 Å². The molecule has 6 nitrogen and oxygen atoms in total. The lowest BCUT2D eigenvalue weighted by Crippen LogP contribution is -2.54. The summed E-state index contributed by atoms with van der Waals surface area (Å²) in [6.45, 7) is 0.324. The van der Waals surface area contributed by atoms with Gasteiger partial charge in [-0.3, -0.25) is 4.68 Å². The number of benzene rings is 2. The number of nitrogens with one attached hydrogen (secondary N) is 1. The Hall–Kier alpha value is -2.67. The molecule has 4 atom stereocenters. The van der Waals surface area contributed by atoms with Crippen molar-refractivity contribution in [1.82, 2.24) is 20.1 Å². The van der Waals surface area contributed by atoms with Gasteiger partial charge < -0.3 is 14.8 Å². The molecule has 4 unspecified atom stereocenters. The maximum atomic E-state index is 13.4. The van der Waals surface area contributed by atoms with E-state index in [2.05, 4.69) is 15.4 Å². The molecule has 2 bridgehead atoms. The first-order valence-corrected chi connectivity index (χ1v) is 12.6. The highest BCUT2D eigenvalue weighted by molar-refractivity contribution is 5.85. The first-order valence-electron chi connectivity index (χ1n) is 12.6. The lowest BCUT2D eigenvalue weighted by Gasteiger charge is -2.42. The summed E-state index contributed by atoms with van der Waals surface area (Å²) >= 11 is 0. The molecule has 1 N–H and O–H groups in total.